The Morgan fingerprint density at radius 2 is 2.00 bits per heavy atom. The molecule has 25 heavy (non-hydrogen) atoms. The number of rotatable bonds is 2. The summed E-state index contributed by atoms with van der Waals surface area (Å²) in [6.07, 6.45) is 0. The van der Waals surface area contributed by atoms with Crippen LogP contribution in [0.15, 0.2) is 24.3 Å². The Morgan fingerprint density at radius 1 is 1.24 bits per heavy atom. The highest BCUT2D eigenvalue weighted by Crippen LogP contribution is 2.19. The van der Waals surface area contributed by atoms with E-state index < -0.39 is 6.04 Å². The molecule has 2 heterocycles. The van der Waals surface area contributed by atoms with Gasteiger partial charge in [0.05, 0.1) is 6.54 Å². The van der Waals surface area contributed by atoms with Crippen molar-refractivity contribution in [2.75, 3.05) is 26.7 Å². The Morgan fingerprint density at radius 3 is 2.68 bits per heavy atom. The van der Waals surface area contributed by atoms with Crippen LogP contribution in [-0.2, 0) is 9.59 Å². The zero-order valence-electron chi connectivity index (χ0n) is 14.0. The SMILES string of the molecule is CNC(=O)C1CN(C(=O)c2cc3cc(F)ccc3[nH]2)CCN1C(C)=O. The van der Waals surface area contributed by atoms with E-state index in [1.807, 2.05) is 0 Å². The summed E-state index contributed by atoms with van der Waals surface area (Å²) in [6.45, 7) is 2.13. The Kier molecular flexibility index (Phi) is 4.43. The third-order valence-corrected chi connectivity index (χ3v) is 4.43. The van der Waals surface area contributed by atoms with Crippen LogP contribution < -0.4 is 5.32 Å². The molecule has 0 spiro atoms. The lowest BCUT2D eigenvalue weighted by atomic mass is 10.1. The first kappa shape index (κ1) is 16.9. The van der Waals surface area contributed by atoms with Gasteiger partial charge in [0.1, 0.15) is 17.6 Å². The van der Waals surface area contributed by atoms with Crippen molar-refractivity contribution in [2.45, 2.75) is 13.0 Å². The number of H-pyrrole nitrogens is 1. The Hall–Kier alpha value is -2.90. The topological polar surface area (TPSA) is 85.5 Å². The van der Waals surface area contributed by atoms with Crippen LogP contribution >= 0.6 is 0 Å². The predicted molar refractivity (Wildman–Crippen MR) is 89.4 cm³/mol. The highest BCUT2D eigenvalue weighted by molar-refractivity contribution is 5.98. The van der Waals surface area contributed by atoms with Gasteiger partial charge in [0.15, 0.2) is 0 Å². The number of aromatic nitrogens is 1. The van der Waals surface area contributed by atoms with Crippen LogP contribution in [0.1, 0.15) is 17.4 Å². The molecule has 1 aromatic heterocycles. The van der Waals surface area contributed by atoms with Crippen LogP contribution in [0.25, 0.3) is 10.9 Å². The summed E-state index contributed by atoms with van der Waals surface area (Å²) in [6, 6.07) is 5.11. The molecular formula is C17H19FN4O3. The third kappa shape index (κ3) is 3.19. The number of carbonyl (C=O) groups is 3. The van der Waals surface area contributed by atoms with E-state index >= 15 is 0 Å². The zero-order chi connectivity index (χ0) is 18.1. The van der Waals surface area contributed by atoms with Crippen molar-refractivity contribution >= 4 is 28.6 Å². The molecule has 1 aliphatic rings. The first-order chi connectivity index (χ1) is 11.9. The molecular weight excluding hydrogens is 327 g/mol. The maximum Gasteiger partial charge on any atom is 0.270 e. The van der Waals surface area contributed by atoms with Gasteiger partial charge in [-0.15, -0.1) is 0 Å². The minimum atomic E-state index is -0.720. The lowest BCUT2D eigenvalue weighted by molar-refractivity contribution is -0.141. The third-order valence-electron chi connectivity index (χ3n) is 4.43. The maximum absolute atomic E-state index is 13.3. The van der Waals surface area contributed by atoms with Crippen molar-refractivity contribution in [3.63, 3.8) is 0 Å². The molecule has 0 radical (unpaired) electrons. The monoisotopic (exact) mass is 346 g/mol. The molecule has 7 nitrogen and oxygen atoms in total. The van der Waals surface area contributed by atoms with E-state index in [4.69, 9.17) is 0 Å². The summed E-state index contributed by atoms with van der Waals surface area (Å²) in [5.74, 6) is -1.18. The molecule has 0 saturated carbocycles. The normalized spacial score (nSPS) is 17.6. The smallest absolute Gasteiger partial charge is 0.270 e. The standard InChI is InChI=1S/C17H19FN4O3/c1-10(23)22-6-5-21(9-15(22)16(24)19-2)17(25)14-8-11-7-12(18)3-4-13(11)20-14/h3-4,7-8,15,20H,5-6,9H2,1-2H3,(H,19,24). The summed E-state index contributed by atoms with van der Waals surface area (Å²) in [5.41, 5.74) is 0.988. The minimum Gasteiger partial charge on any atom is -0.357 e. The molecule has 1 unspecified atom stereocenters. The van der Waals surface area contributed by atoms with Gasteiger partial charge in [0.2, 0.25) is 11.8 Å². The quantitative estimate of drug-likeness (QED) is 0.840. The van der Waals surface area contributed by atoms with Crippen LogP contribution in [-0.4, -0.2) is 65.2 Å². The number of fused-ring (bicyclic) bond motifs is 1. The fraction of sp³-hybridized carbons (Fsp3) is 0.353. The van der Waals surface area contributed by atoms with Gasteiger partial charge >= 0.3 is 0 Å². The van der Waals surface area contributed by atoms with E-state index in [1.54, 1.807) is 12.1 Å². The number of nitrogens with one attached hydrogen (secondary N) is 2. The van der Waals surface area contributed by atoms with E-state index in [-0.39, 0.29) is 36.6 Å². The summed E-state index contributed by atoms with van der Waals surface area (Å²) in [7, 11) is 1.49. The second-order valence-corrected chi connectivity index (χ2v) is 6.01. The molecule has 8 heteroatoms. The van der Waals surface area contributed by atoms with Gasteiger partial charge in [-0.25, -0.2) is 4.39 Å². The lowest BCUT2D eigenvalue weighted by Crippen LogP contribution is -2.60. The van der Waals surface area contributed by atoms with E-state index in [2.05, 4.69) is 10.3 Å². The highest BCUT2D eigenvalue weighted by atomic mass is 19.1. The number of halogens is 1. The molecule has 1 aromatic carbocycles. The number of hydrogen-bond donors (Lipinski definition) is 2. The van der Waals surface area contributed by atoms with Crippen molar-refractivity contribution in [1.29, 1.82) is 0 Å². The number of carbonyl (C=O) groups excluding carboxylic acids is 3. The van der Waals surface area contributed by atoms with Crippen molar-refractivity contribution in [3.05, 3.63) is 35.8 Å². The van der Waals surface area contributed by atoms with Crippen molar-refractivity contribution in [3.8, 4) is 0 Å². The summed E-state index contributed by atoms with van der Waals surface area (Å²) < 4.78 is 13.3. The zero-order valence-corrected chi connectivity index (χ0v) is 14.0. The Bertz CT molecular complexity index is 848. The molecule has 2 N–H and O–H groups in total. The number of amides is 3. The molecule has 1 aliphatic heterocycles. The maximum atomic E-state index is 13.3. The molecule has 3 amide bonds. The van der Waals surface area contributed by atoms with Crippen molar-refractivity contribution in [2.24, 2.45) is 0 Å². The largest absolute Gasteiger partial charge is 0.357 e. The van der Waals surface area contributed by atoms with Gasteiger partial charge in [0.25, 0.3) is 5.91 Å². The molecule has 1 atom stereocenters. The fourth-order valence-electron chi connectivity index (χ4n) is 3.12. The highest BCUT2D eigenvalue weighted by Gasteiger charge is 2.35. The van der Waals surface area contributed by atoms with E-state index in [9.17, 15) is 18.8 Å². The van der Waals surface area contributed by atoms with Crippen LogP contribution in [0.3, 0.4) is 0 Å². The first-order valence-electron chi connectivity index (χ1n) is 7.97. The number of benzene rings is 1. The van der Waals surface area contributed by atoms with Gasteiger partial charge in [-0.3, -0.25) is 14.4 Å². The van der Waals surface area contributed by atoms with E-state index in [0.717, 1.165) is 0 Å². The van der Waals surface area contributed by atoms with Gasteiger partial charge in [-0.2, -0.15) is 0 Å². The molecule has 1 saturated heterocycles. The number of piperazine rings is 1. The first-order valence-corrected chi connectivity index (χ1v) is 7.97. The van der Waals surface area contributed by atoms with Gasteiger partial charge in [-0.1, -0.05) is 0 Å². The Labute approximate surface area is 143 Å². The van der Waals surface area contributed by atoms with Crippen LogP contribution in [0.4, 0.5) is 4.39 Å². The van der Waals surface area contributed by atoms with Gasteiger partial charge < -0.3 is 20.1 Å². The molecule has 1 fully saturated rings. The van der Waals surface area contributed by atoms with Crippen LogP contribution in [0.5, 0.6) is 0 Å². The lowest BCUT2D eigenvalue weighted by Gasteiger charge is -2.39. The van der Waals surface area contributed by atoms with Crippen LogP contribution in [0.2, 0.25) is 0 Å². The molecule has 2 aromatic rings. The van der Waals surface area contributed by atoms with Gasteiger partial charge in [0, 0.05) is 38.0 Å². The summed E-state index contributed by atoms with van der Waals surface area (Å²) in [4.78, 5) is 42.5. The van der Waals surface area contributed by atoms with E-state index in [0.29, 0.717) is 23.1 Å². The minimum absolute atomic E-state index is 0.113. The Balaban J connectivity index is 1.83. The van der Waals surface area contributed by atoms with Gasteiger partial charge in [-0.05, 0) is 24.3 Å². The fourth-order valence-corrected chi connectivity index (χ4v) is 3.12. The average Bonchev–Trinajstić information content (AvgIpc) is 3.02. The number of hydrogen-bond acceptors (Lipinski definition) is 3. The molecule has 0 bridgehead atoms. The van der Waals surface area contributed by atoms with Crippen molar-refractivity contribution in [1.82, 2.24) is 20.1 Å². The molecule has 132 valence electrons. The number of nitrogens with zero attached hydrogens (tertiary/aromatic N) is 2. The van der Waals surface area contributed by atoms with Crippen molar-refractivity contribution < 1.29 is 18.8 Å². The van der Waals surface area contributed by atoms with E-state index in [1.165, 1.54) is 35.9 Å². The molecule has 0 aliphatic carbocycles. The molecule has 3 rings (SSSR count). The second-order valence-electron chi connectivity index (χ2n) is 6.01. The van der Waals surface area contributed by atoms with Crippen LogP contribution in [0, 0.1) is 5.82 Å². The summed E-state index contributed by atoms with van der Waals surface area (Å²) in [5, 5.41) is 3.13. The second kappa shape index (κ2) is 6.54. The predicted octanol–water partition coefficient (Wildman–Crippen LogP) is 0.726. The summed E-state index contributed by atoms with van der Waals surface area (Å²) >= 11 is 0. The number of likely N-dealkylation sites (N-methyl/N-ethyl adjacent to an activating group) is 1. The average molecular weight is 346 g/mol. The number of aromatic amines is 1.